The summed E-state index contributed by atoms with van der Waals surface area (Å²) >= 11 is 6.07. The number of pyridine rings is 1. The van der Waals surface area contributed by atoms with Crippen LogP contribution in [-0.4, -0.2) is 10.9 Å². The van der Waals surface area contributed by atoms with Gasteiger partial charge in [0.15, 0.2) is 0 Å². The number of rotatable bonds is 2. The van der Waals surface area contributed by atoms with E-state index in [1.54, 1.807) is 18.2 Å². The van der Waals surface area contributed by atoms with Gasteiger partial charge in [-0.05, 0) is 44.0 Å². The molecular formula is C16H14ClN3O. The Labute approximate surface area is 128 Å². The average molecular weight is 300 g/mol. The van der Waals surface area contributed by atoms with Crippen LogP contribution >= 0.6 is 11.6 Å². The van der Waals surface area contributed by atoms with Crippen molar-refractivity contribution in [3.8, 4) is 17.3 Å². The Bertz CT molecular complexity index is 791. The van der Waals surface area contributed by atoms with Crippen molar-refractivity contribution >= 4 is 17.5 Å². The van der Waals surface area contributed by atoms with E-state index in [4.69, 9.17) is 17.3 Å². The zero-order valence-corrected chi connectivity index (χ0v) is 12.7. The average Bonchev–Trinajstić information content (AvgIpc) is 2.44. The number of nitrogens with zero attached hydrogens (tertiary/aromatic N) is 2. The van der Waals surface area contributed by atoms with Gasteiger partial charge in [-0.2, -0.15) is 5.26 Å². The highest BCUT2D eigenvalue weighted by atomic mass is 35.5. The Hall–Kier alpha value is -2.38. The predicted molar refractivity (Wildman–Crippen MR) is 82.1 cm³/mol. The van der Waals surface area contributed by atoms with Gasteiger partial charge in [-0.3, -0.25) is 9.78 Å². The molecule has 0 saturated carbocycles. The first-order valence-corrected chi connectivity index (χ1v) is 6.72. The number of hydrogen-bond donors (Lipinski definition) is 1. The summed E-state index contributed by atoms with van der Waals surface area (Å²) in [5.74, 6) is -0.587. The fraction of sp³-hybridized carbons (Fsp3) is 0.188. The van der Waals surface area contributed by atoms with Crippen LogP contribution < -0.4 is 5.73 Å². The number of primary amides is 1. The van der Waals surface area contributed by atoms with Gasteiger partial charge in [-0.15, -0.1) is 0 Å². The molecule has 0 aliphatic heterocycles. The number of halogens is 1. The molecule has 0 atom stereocenters. The van der Waals surface area contributed by atoms with E-state index in [1.165, 1.54) is 0 Å². The number of amides is 1. The number of carbonyl (C=O) groups is 1. The van der Waals surface area contributed by atoms with E-state index in [0.29, 0.717) is 16.8 Å². The van der Waals surface area contributed by atoms with Crippen LogP contribution in [-0.2, 0) is 0 Å². The fourth-order valence-electron chi connectivity index (χ4n) is 2.15. The molecule has 1 aromatic carbocycles. The molecule has 21 heavy (non-hydrogen) atoms. The van der Waals surface area contributed by atoms with E-state index in [0.717, 1.165) is 16.8 Å². The smallest absolute Gasteiger partial charge is 0.250 e. The molecule has 2 aromatic rings. The summed E-state index contributed by atoms with van der Waals surface area (Å²) in [6.45, 7) is 5.73. The standard InChI is InChI=1S/C16H14ClN3O/c1-8-9(2)13(7-18)15(20-10(8)3)11-4-5-12(16(19)21)14(17)6-11/h4-6H,1-3H3,(H2,19,21). The van der Waals surface area contributed by atoms with Crippen LogP contribution in [0.5, 0.6) is 0 Å². The summed E-state index contributed by atoms with van der Waals surface area (Å²) in [5.41, 5.74) is 10.0. The van der Waals surface area contributed by atoms with E-state index in [2.05, 4.69) is 11.1 Å². The van der Waals surface area contributed by atoms with Crippen LogP contribution in [0.2, 0.25) is 5.02 Å². The van der Waals surface area contributed by atoms with E-state index in [9.17, 15) is 10.1 Å². The van der Waals surface area contributed by atoms with Crippen LogP contribution in [0.4, 0.5) is 0 Å². The van der Waals surface area contributed by atoms with Crippen molar-refractivity contribution < 1.29 is 4.79 Å². The second-order valence-electron chi connectivity index (χ2n) is 4.84. The number of carbonyl (C=O) groups excluding carboxylic acids is 1. The lowest BCUT2D eigenvalue weighted by atomic mass is 9.97. The normalized spacial score (nSPS) is 10.2. The first kappa shape index (κ1) is 15.0. The zero-order chi connectivity index (χ0) is 15.7. The summed E-state index contributed by atoms with van der Waals surface area (Å²) in [6.07, 6.45) is 0. The van der Waals surface area contributed by atoms with Gasteiger partial charge >= 0.3 is 0 Å². The predicted octanol–water partition coefficient (Wildman–Crippen LogP) is 3.30. The maximum absolute atomic E-state index is 11.2. The van der Waals surface area contributed by atoms with Gasteiger partial charge in [0.05, 0.1) is 21.8 Å². The molecule has 5 heteroatoms. The minimum absolute atomic E-state index is 0.250. The molecule has 2 rings (SSSR count). The maximum atomic E-state index is 11.2. The van der Waals surface area contributed by atoms with E-state index >= 15 is 0 Å². The Kier molecular flexibility index (Phi) is 3.97. The topological polar surface area (TPSA) is 79.8 Å². The molecule has 4 nitrogen and oxygen atoms in total. The van der Waals surface area contributed by atoms with Gasteiger partial charge in [0.1, 0.15) is 6.07 Å². The van der Waals surface area contributed by atoms with Gasteiger partial charge in [0, 0.05) is 11.3 Å². The maximum Gasteiger partial charge on any atom is 0.250 e. The number of nitrogens with two attached hydrogens (primary N) is 1. The molecule has 0 spiro atoms. The van der Waals surface area contributed by atoms with Crippen LogP contribution in [0.25, 0.3) is 11.3 Å². The molecule has 0 aliphatic carbocycles. The summed E-state index contributed by atoms with van der Waals surface area (Å²) in [5, 5.41) is 9.64. The van der Waals surface area contributed by atoms with Gasteiger partial charge in [0.25, 0.3) is 0 Å². The van der Waals surface area contributed by atoms with Crippen molar-refractivity contribution in [2.45, 2.75) is 20.8 Å². The monoisotopic (exact) mass is 299 g/mol. The van der Waals surface area contributed by atoms with Crippen LogP contribution in [0.15, 0.2) is 18.2 Å². The number of nitriles is 1. The highest BCUT2D eigenvalue weighted by Crippen LogP contribution is 2.30. The third-order valence-electron chi connectivity index (χ3n) is 3.62. The first-order chi connectivity index (χ1) is 9.86. The quantitative estimate of drug-likeness (QED) is 0.924. The Morgan fingerprint density at radius 2 is 1.95 bits per heavy atom. The van der Waals surface area contributed by atoms with Crippen molar-refractivity contribution in [3.63, 3.8) is 0 Å². The summed E-state index contributed by atoms with van der Waals surface area (Å²) in [4.78, 5) is 15.7. The van der Waals surface area contributed by atoms with Crippen molar-refractivity contribution in [2.75, 3.05) is 0 Å². The molecule has 0 fully saturated rings. The van der Waals surface area contributed by atoms with E-state index in [-0.39, 0.29) is 10.6 Å². The van der Waals surface area contributed by atoms with E-state index < -0.39 is 5.91 Å². The molecule has 2 N–H and O–H groups in total. The molecule has 0 unspecified atom stereocenters. The molecule has 1 heterocycles. The second-order valence-corrected chi connectivity index (χ2v) is 5.25. The summed E-state index contributed by atoms with van der Waals surface area (Å²) in [7, 11) is 0. The Morgan fingerprint density at radius 3 is 2.48 bits per heavy atom. The summed E-state index contributed by atoms with van der Waals surface area (Å²) < 4.78 is 0. The van der Waals surface area contributed by atoms with Crippen molar-refractivity contribution in [2.24, 2.45) is 5.73 Å². The van der Waals surface area contributed by atoms with Gasteiger partial charge in [-0.25, -0.2) is 0 Å². The molecule has 0 saturated heterocycles. The number of aromatic nitrogens is 1. The third-order valence-corrected chi connectivity index (χ3v) is 3.93. The van der Waals surface area contributed by atoms with Gasteiger partial charge in [0.2, 0.25) is 5.91 Å². The third kappa shape index (κ3) is 2.61. The molecule has 0 aliphatic rings. The number of benzene rings is 1. The minimum atomic E-state index is -0.587. The highest BCUT2D eigenvalue weighted by Gasteiger charge is 2.15. The second kappa shape index (κ2) is 5.55. The van der Waals surface area contributed by atoms with Crippen molar-refractivity contribution in [1.29, 1.82) is 5.26 Å². The fourth-order valence-corrected chi connectivity index (χ4v) is 2.43. The Balaban J connectivity index is 2.71. The van der Waals surface area contributed by atoms with Gasteiger partial charge in [-0.1, -0.05) is 17.7 Å². The molecule has 0 radical (unpaired) electrons. The minimum Gasteiger partial charge on any atom is -0.366 e. The largest absolute Gasteiger partial charge is 0.366 e. The lowest BCUT2D eigenvalue weighted by Gasteiger charge is -2.12. The molecule has 106 valence electrons. The molecule has 0 bridgehead atoms. The lowest BCUT2D eigenvalue weighted by Crippen LogP contribution is -2.11. The zero-order valence-electron chi connectivity index (χ0n) is 12.0. The van der Waals surface area contributed by atoms with Crippen molar-refractivity contribution in [3.05, 3.63) is 51.2 Å². The SMILES string of the molecule is Cc1nc(-c2ccc(C(N)=O)c(Cl)c2)c(C#N)c(C)c1C. The van der Waals surface area contributed by atoms with Crippen molar-refractivity contribution in [1.82, 2.24) is 4.98 Å². The van der Waals surface area contributed by atoms with Gasteiger partial charge < -0.3 is 5.73 Å². The number of hydrogen-bond acceptors (Lipinski definition) is 3. The summed E-state index contributed by atoms with van der Waals surface area (Å²) in [6, 6.07) is 7.05. The first-order valence-electron chi connectivity index (χ1n) is 6.34. The number of aryl methyl sites for hydroxylation is 1. The molecule has 1 amide bonds. The molecule has 1 aromatic heterocycles. The van der Waals surface area contributed by atoms with Crippen LogP contribution in [0, 0.1) is 32.1 Å². The van der Waals surface area contributed by atoms with Crippen LogP contribution in [0.3, 0.4) is 0 Å². The highest BCUT2D eigenvalue weighted by molar-refractivity contribution is 6.34. The Morgan fingerprint density at radius 1 is 1.29 bits per heavy atom. The molecular weight excluding hydrogens is 286 g/mol. The van der Waals surface area contributed by atoms with E-state index in [1.807, 2.05) is 20.8 Å². The lowest BCUT2D eigenvalue weighted by molar-refractivity contribution is 0.100. The van der Waals surface area contributed by atoms with Crippen LogP contribution in [0.1, 0.15) is 32.7 Å².